The summed E-state index contributed by atoms with van der Waals surface area (Å²) in [5, 5.41) is 3.10. The standard InChI is InChI=1S/C37H38F3N3O4S/c1-27-19-21-29(22-20-27)25-42(34(23-28-11-4-2-5-12-28)36(45)41-31-14-8-9-15-31)35(44)26-43(48(46,47)33-17-6-3-7-18-33)32-16-10-13-30(24-32)37(38,39)40/h2-7,10-13,16-22,24,31,34H,8-9,14-15,23,25-26H2,1H3,(H,41,45). The van der Waals surface area contributed by atoms with Crippen LogP contribution in [0.2, 0.25) is 0 Å². The molecule has 0 radical (unpaired) electrons. The zero-order valence-corrected chi connectivity index (χ0v) is 27.4. The van der Waals surface area contributed by atoms with Crippen molar-refractivity contribution in [1.82, 2.24) is 10.2 Å². The molecule has 1 N–H and O–H groups in total. The van der Waals surface area contributed by atoms with Gasteiger partial charge in [-0.2, -0.15) is 13.2 Å². The SMILES string of the molecule is Cc1ccc(CN(C(=O)CN(c2cccc(C(F)(F)F)c2)S(=O)(=O)c2ccccc2)C(Cc2ccccc2)C(=O)NC2CCCC2)cc1. The van der Waals surface area contributed by atoms with Crippen LogP contribution in [0.4, 0.5) is 18.9 Å². The molecular weight excluding hydrogens is 639 g/mol. The highest BCUT2D eigenvalue weighted by atomic mass is 32.2. The number of halogens is 3. The fourth-order valence-electron chi connectivity index (χ4n) is 5.90. The third-order valence-electron chi connectivity index (χ3n) is 8.52. The summed E-state index contributed by atoms with van der Waals surface area (Å²) in [6, 6.07) is 26.6. The van der Waals surface area contributed by atoms with E-state index < -0.39 is 40.3 Å². The summed E-state index contributed by atoms with van der Waals surface area (Å²) in [5.74, 6) is -1.11. The lowest BCUT2D eigenvalue weighted by Gasteiger charge is -2.34. The van der Waals surface area contributed by atoms with Gasteiger partial charge in [-0.05, 0) is 61.2 Å². The Hall–Kier alpha value is -4.64. The van der Waals surface area contributed by atoms with Crippen molar-refractivity contribution in [3.8, 4) is 0 Å². The molecule has 5 rings (SSSR count). The number of aryl methyl sites for hydroxylation is 1. The Balaban J connectivity index is 1.59. The van der Waals surface area contributed by atoms with Gasteiger partial charge >= 0.3 is 6.18 Å². The number of alkyl halides is 3. The fraction of sp³-hybridized carbons (Fsp3) is 0.297. The van der Waals surface area contributed by atoms with Gasteiger partial charge in [-0.15, -0.1) is 0 Å². The third kappa shape index (κ3) is 8.63. The highest BCUT2D eigenvalue weighted by Crippen LogP contribution is 2.33. The monoisotopic (exact) mass is 677 g/mol. The van der Waals surface area contributed by atoms with E-state index in [1.807, 2.05) is 61.5 Å². The van der Waals surface area contributed by atoms with E-state index in [4.69, 9.17) is 0 Å². The molecule has 1 fully saturated rings. The number of sulfonamides is 1. The summed E-state index contributed by atoms with van der Waals surface area (Å²) < 4.78 is 70.2. The summed E-state index contributed by atoms with van der Waals surface area (Å²) in [5.41, 5.74) is 1.10. The van der Waals surface area contributed by atoms with Crippen LogP contribution in [0.5, 0.6) is 0 Å². The predicted octanol–water partition coefficient (Wildman–Crippen LogP) is 6.91. The molecule has 11 heteroatoms. The van der Waals surface area contributed by atoms with Crippen LogP contribution in [-0.4, -0.2) is 43.8 Å². The van der Waals surface area contributed by atoms with Crippen LogP contribution < -0.4 is 9.62 Å². The number of nitrogens with one attached hydrogen (secondary N) is 1. The van der Waals surface area contributed by atoms with Gasteiger partial charge in [-0.1, -0.05) is 97.3 Å². The first kappa shape index (κ1) is 34.7. The molecular formula is C37H38F3N3O4S. The van der Waals surface area contributed by atoms with Gasteiger partial charge in [-0.3, -0.25) is 13.9 Å². The number of hydrogen-bond donors (Lipinski definition) is 1. The molecule has 4 aromatic carbocycles. The molecule has 48 heavy (non-hydrogen) atoms. The number of carbonyl (C=O) groups excluding carboxylic acids is 2. The average molecular weight is 678 g/mol. The van der Waals surface area contributed by atoms with Crippen LogP contribution in [-0.2, 0) is 38.8 Å². The second-order valence-electron chi connectivity index (χ2n) is 12.1. The Labute approximate surface area is 279 Å². The molecule has 2 amide bonds. The number of anilines is 1. The van der Waals surface area contributed by atoms with Crippen molar-refractivity contribution in [3.63, 3.8) is 0 Å². The molecule has 0 saturated heterocycles. The van der Waals surface area contributed by atoms with E-state index in [2.05, 4.69) is 5.32 Å². The molecule has 0 bridgehead atoms. The van der Waals surface area contributed by atoms with E-state index in [1.54, 1.807) is 6.07 Å². The van der Waals surface area contributed by atoms with Crippen LogP contribution in [0.25, 0.3) is 0 Å². The Kier molecular flexibility index (Phi) is 10.9. The lowest BCUT2D eigenvalue weighted by Crippen LogP contribution is -2.54. The third-order valence-corrected chi connectivity index (χ3v) is 10.3. The molecule has 7 nitrogen and oxygen atoms in total. The van der Waals surface area contributed by atoms with E-state index in [1.165, 1.54) is 35.2 Å². The van der Waals surface area contributed by atoms with Gasteiger partial charge in [0.25, 0.3) is 10.0 Å². The van der Waals surface area contributed by atoms with E-state index in [0.29, 0.717) is 15.9 Å². The molecule has 0 aromatic heterocycles. The maximum absolute atomic E-state index is 14.5. The molecule has 1 atom stereocenters. The topological polar surface area (TPSA) is 86.8 Å². The summed E-state index contributed by atoms with van der Waals surface area (Å²) >= 11 is 0. The van der Waals surface area contributed by atoms with Crippen molar-refractivity contribution in [2.75, 3.05) is 10.8 Å². The van der Waals surface area contributed by atoms with Gasteiger partial charge in [-0.25, -0.2) is 8.42 Å². The minimum absolute atomic E-state index is 0.0312. The molecule has 0 aliphatic heterocycles. The van der Waals surface area contributed by atoms with Crippen molar-refractivity contribution in [1.29, 1.82) is 0 Å². The van der Waals surface area contributed by atoms with Gasteiger partial charge in [0.1, 0.15) is 12.6 Å². The van der Waals surface area contributed by atoms with E-state index in [0.717, 1.165) is 48.9 Å². The van der Waals surface area contributed by atoms with Gasteiger partial charge in [0.2, 0.25) is 11.8 Å². The number of benzene rings is 4. The van der Waals surface area contributed by atoms with Crippen molar-refractivity contribution >= 4 is 27.5 Å². The maximum atomic E-state index is 14.5. The Morgan fingerprint density at radius 3 is 2.08 bits per heavy atom. The van der Waals surface area contributed by atoms with Gasteiger partial charge < -0.3 is 10.2 Å². The summed E-state index contributed by atoms with van der Waals surface area (Å²) in [6.07, 6.45) is -1.03. The van der Waals surface area contributed by atoms with Crippen LogP contribution in [0, 0.1) is 6.92 Å². The number of nitrogens with zero attached hydrogens (tertiary/aromatic N) is 2. The highest BCUT2D eigenvalue weighted by molar-refractivity contribution is 7.92. The first-order chi connectivity index (χ1) is 22.9. The number of amides is 2. The normalized spacial score (nSPS) is 14.3. The fourth-order valence-corrected chi connectivity index (χ4v) is 7.32. The van der Waals surface area contributed by atoms with Crippen molar-refractivity contribution in [2.24, 2.45) is 0 Å². The number of rotatable bonds is 12. The number of carbonyl (C=O) groups is 2. The van der Waals surface area contributed by atoms with Gasteiger partial charge in [0.15, 0.2) is 0 Å². The molecule has 0 heterocycles. The second kappa shape index (κ2) is 15.1. The van der Waals surface area contributed by atoms with Crippen molar-refractivity contribution in [2.45, 2.75) is 68.7 Å². The van der Waals surface area contributed by atoms with E-state index in [9.17, 15) is 31.2 Å². The minimum atomic E-state index is -4.75. The summed E-state index contributed by atoms with van der Waals surface area (Å²) in [7, 11) is -4.53. The second-order valence-corrected chi connectivity index (χ2v) is 13.9. The quantitative estimate of drug-likeness (QED) is 0.177. The average Bonchev–Trinajstić information content (AvgIpc) is 3.59. The molecule has 1 saturated carbocycles. The molecule has 1 aliphatic carbocycles. The maximum Gasteiger partial charge on any atom is 0.416 e. The lowest BCUT2D eigenvalue weighted by molar-refractivity contribution is -0.140. The lowest BCUT2D eigenvalue weighted by atomic mass is 10.0. The van der Waals surface area contributed by atoms with Gasteiger partial charge in [0, 0.05) is 19.0 Å². The van der Waals surface area contributed by atoms with Crippen molar-refractivity contribution < 1.29 is 31.2 Å². The molecule has 1 aliphatic rings. The molecule has 1 unspecified atom stereocenters. The van der Waals surface area contributed by atoms with Crippen LogP contribution in [0.3, 0.4) is 0 Å². The number of hydrogen-bond acceptors (Lipinski definition) is 4. The largest absolute Gasteiger partial charge is 0.416 e. The molecule has 0 spiro atoms. The highest BCUT2D eigenvalue weighted by Gasteiger charge is 2.37. The van der Waals surface area contributed by atoms with Crippen LogP contribution in [0.1, 0.15) is 47.9 Å². The molecule has 252 valence electrons. The van der Waals surface area contributed by atoms with Crippen molar-refractivity contribution in [3.05, 3.63) is 131 Å². The van der Waals surface area contributed by atoms with Gasteiger partial charge in [0.05, 0.1) is 16.1 Å². The van der Waals surface area contributed by atoms with E-state index >= 15 is 0 Å². The minimum Gasteiger partial charge on any atom is -0.352 e. The zero-order chi connectivity index (χ0) is 34.3. The first-order valence-electron chi connectivity index (χ1n) is 15.9. The Morgan fingerprint density at radius 1 is 0.833 bits per heavy atom. The zero-order valence-electron chi connectivity index (χ0n) is 26.6. The summed E-state index contributed by atoms with van der Waals surface area (Å²) in [4.78, 5) is 29.8. The smallest absolute Gasteiger partial charge is 0.352 e. The predicted molar refractivity (Wildman–Crippen MR) is 178 cm³/mol. The first-order valence-corrected chi connectivity index (χ1v) is 17.3. The van der Waals surface area contributed by atoms with E-state index in [-0.39, 0.29) is 35.5 Å². The Bertz CT molecular complexity index is 1800. The Morgan fingerprint density at radius 2 is 1.46 bits per heavy atom. The van der Waals surface area contributed by atoms with Crippen LogP contribution in [0.15, 0.2) is 114 Å². The van der Waals surface area contributed by atoms with Crippen LogP contribution >= 0.6 is 0 Å². The summed E-state index contributed by atoms with van der Waals surface area (Å²) in [6.45, 7) is 1.05. The molecule has 4 aromatic rings.